The second kappa shape index (κ2) is 3.77. The fraction of sp³-hybridized carbons (Fsp3) is 0.667. The number of azo groups is 1. The number of nitrogens with one attached hydrogen (secondary N) is 2. The molecule has 0 amide bonds. The van der Waals surface area contributed by atoms with Gasteiger partial charge in [0.15, 0.2) is 5.54 Å². The molecule has 78 valence electrons. The Morgan fingerprint density at radius 1 is 1.07 bits per heavy atom. The third-order valence-corrected chi connectivity index (χ3v) is 1.95. The molecule has 0 saturated heterocycles. The summed E-state index contributed by atoms with van der Waals surface area (Å²) in [7, 11) is 0. The molecule has 0 aliphatic rings. The summed E-state index contributed by atoms with van der Waals surface area (Å²) in [6.07, 6.45) is 0. The summed E-state index contributed by atoms with van der Waals surface area (Å²) in [6, 6.07) is 0. The van der Waals surface area contributed by atoms with Gasteiger partial charge in [0.25, 0.3) is 0 Å². The Labute approximate surface area is 84.8 Å². The van der Waals surface area contributed by atoms with Crippen LogP contribution in [0.4, 0.5) is 0 Å². The lowest BCUT2D eigenvalue weighted by Crippen LogP contribution is -2.36. The Kier molecular flexibility index (Phi) is 3.40. The van der Waals surface area contributed by atoms with Crippen molar-refractivity contribution in [2.75, 3.05) is 0 Å². The number of nitrogens with zero attached hydrogens (tertiary/aromatic N) is 2. The molecule has 0 rings (SSSR count). The first-order valence-corrected chi connectivity index (χ1v) is 4.29. The highest BCUT2D eigenvalue weighted by Crippen LogP contribution is 2.16. The monoisotopic (exact) mass is 196 g/mol. The normalized spacial score (nSPS) is 13.1. The highest BCUT2D eigenvalue weighted by atomic mass is 15.2. The zero-order valence-electron chi connectivity index (χ0n) is 9.18. The predicted molar refractivity (Wildman–Crippen MR) is 58.0 cm³/mol. The first-order valence-electron chi connectivity index (χ1n) is 4.29. The van der Waals surface area contributed by atoms with Crippen LogP contribution in [-0.2, 0) is 0 Å². The zero-order valence-corrected chi connectivity index (χ0v) is 9.18. The van der Waals surface area contributed by atoms with Gasteiger partial charge in [-0.25, -0.2) is 0 Å². The molecule has 5 nitrogen and oxygen atoms in total. The van der Waals surface area contributed by atoms with E-state index in [2.05, 4.69) is 17.2 Å². The van der Waals surface area contributed by atoms with Crippen LogP contribution >= 0.6 is 0 Å². The van der Waals surface area contributed by atoms with Crippen LogP contribution in [0.2, 0.25) is 0 Å². The predicted octanol–water partition coefficient (Wildman–Crippen LogP) is 1.79. The second-order valence-corrected chi connectivity index (χ2v) is 4.21. The van der Waals surface area contributed by atoms with Crippen molar-refractivity contribution < 1.29 is 0 Å². The maximum atomic E-state index is 7.36. The summed E-state index contributed by atoms with van der Waals surface area (Å²) in [5, 5.41) is 22.5. The van der Waals surface area contributed by atoms with E-state index < -0.39 is 11.1 Å². The van der Waals surface area contributed by atoms with Crippen LogP contribution in [0, 0.1) is 17.7 Å². The van der Waals surface area contributed by atoms with E-state index in [9.17, 15) is 0 Å². The quantitative estimate of drug-likeness (QED) is 0.271. The highest BCUT2D eigenvalue weighted by Gasteiger charge is 2.28. The lowest BCUT2D eigenvalue weighted by molar-refractivity contribution is 0.560. The van der Waals surface area contributed by atoms with E-state index >= 15 is 0 Å². The lowest BCUT2D eigenvalue weighted by atomic mass is 10.0. The third-order valence-electron chi connectivity index (χ3n) is 1.95. The van der Waals surface area contributed by atoms with E-state index in [0.717, 1.165) is 0 Å². The largest absolute Gasteiger partial charge is 0.386 e. The van der Waals surface area contributed by atoms with Crippen molar-refractivity contribution in [3.8, 4) is 0 Å². The molecule has 5 heteroatoms. The van der Waals surface area contributed by atoms with Crippen LogP contribution in [0.5, 0.6) is 0 Å². The van der Waals surface area contributed by atoms with Gasteiger partial charge in [-0.05, 0) is 27.7 Å². The molecule has 0 aliphatic carbocycles. The Morgan fingerprint density at radius 2 is 1.43 bits per heavy atom. The van der Waals surface area contributed by atoms with Gasteiger partial charge in [-0.1, -0.05) is 0 Å². The highest BCUT2D eigenvalue weighted by molar-refractivity contribution is 5.93. The summed E-state index contributed by atoms with van der Waals surface area (Å²) >= 11 is 0. The number of hydrogen-bond donors (Lipinski definition) is 3. The molecule has 0 heterocycles. The second-order valence-electron chi connectivity index (χ2n) is 4.21. The van der Waals surface area contributed by atoms with Gasteiger partial charge in [0.05, 0.1) is 0 Å². The van der Waals surface area contributed by atoms with Crippen molar-refractivity contribution in [3.63, 3.8) is 0 Å². The minimum absolute atomic E-state index is 0.0485. The van der Waals surface area contributed by atoms with Gasteiger partial charge < -0.3 is 5.73 Å². The van der Waals surface area contributed by atoms with Crippen molar-refractivity contribution in [1.82, 2.24) is 0 Å². The molecule has 0 aromatic rings. The SMILES string of the molecule is [CH2+]C(=N)C(C)(C)N=NC(C)(C)C(=N)N. The van der Waals surface area contributed by atoms with Crippen LogP contribution < -0.4 is 5.73 Å². The van der Waals surface area contributed by atoms with Gasteiger partial charge in [0.1, 0.15) is 18.3 Å². The molecule has 0 saturated carbocycles. The van der Waals surface area contributed by atoms with Crippen molar-refractivity contribution in [2.24, 2.45) is 16.0 Å². The van der Waals surface area contributed by atoms with Crippen molar-refractivity contribution in [1.29, 1.82) is 10.8 Å². The fourth-order valence-corrected chi connectivity index (χ4v) is 0.364. The third kappa shape index (κ3) is 3.16. The molecule has 0 aromatic heterocycles. The lowest BCUT2D eigenvalue weighted by Gasteiger charge is -2.19. The molecule has 0 unspecified atom stereocenters. The summed E-state index contributed by atoms with van der Waals surface area (Å²) in [6.45, 7) is 10.4. The molecule has 0 spiro atoms. The average molecular weight is 196 g/mol. The van der Waals surface area contributed by atoms with Gasteiger partial charge in [0, 0.05) is 0 Å². The van der Waals surface area contributed by atoms with Crippen LogP contribution in [-0.4, -0.2) is 22.6 Å². The Hall–Kier alpha value is -1.39. The number of hydrogen-bond acceptors (Lipinski definition) is 4. The van der Waals surface area contributed by atoms with E-state index in [4.69, 9.17) is 16.6 Å². The van der Waals surface area contributed by atoms with Crippen LogP contribution in [0.15, 0.2) is 10.2 Å². The van der Waals surface area contributed by atoms with Crippen LogP contribution in [0.25, 0.3) is 0 Å². The smallest absolute Gasteiger partial charge is 0.216 e. The average Bonchev–Trinajstić information content (AvgIpc) is 2.01. The first-order chi connectivity index (χ1) is 6.09. The van der Waals surface area contributed by atoms with E-state index in [1.807, 2.05) is 0 Å². The van der Waals surface area contributed by atoms with Crippen molar-refractivity contribution in [2.45, 2.75) is 38.8 Å². The fourth-order valence-electron chi connectivity index (χ4n) is 0.364. The van der Waals surface area contributed by atoms with Crippen LogP contribution in [0.3, 0.4) is 0 Å². The van der Waals surface area contributed by atoms with Gasteiger partial charge in [0.2, 0.25) is 5.71 Å². The van der Waals surface area contributed by atoms with E-state index in [-0.39, 0.29) is 11.5 Å². The maximum absolute atomic E-state index is 7.36. The van der Waals surface area contributed by atoms with Crippen molar-refractivity contribution in [3.05, 3.63) is 6.92 Å². The minimum atomic E-state index is -0.813. The summed E-state index contributed by atoms with van der Waals surface area (Å²) in [4.78, 5) is 0. The van der Waals surface area contributed by atoms with Gasteiger partial charge >= 0.3 is 0 Å². The molecule has 0 radical (unpaired) electrons. The Morgan fingerprint density at radius 3 is 1.71 bits per heavy atom. The standard InChI is InChI=1S/C9H18N5/c1-6(10)8(2,3)13-14-9(4,5)7(11)12/h10H,1H2,2-5H3,(H3,11,12)/q+1. The first kappa shape index (κ1) is 12.6. The van der Waals surface area contributed by atoms with Gasteiger partial charge in [-0.2, -0.15) is 10.2 Å². The summed E-state index contributed by atoms with van der Waals surface area (Å²) in [5.74, 6) is -0.0485. The molecule has 4 N–H and O–H groups in total. The summed E-state index contributed by atoms with van der Waals surface area (Å²) < 4.78 is 0. The number of nitrogens with two attached hydrogens (primary N) is 1. The molecule has 0 atom stereocenters. The molecule has 0 aliphatic heterocycles. The number of rotatable bonds is 4. The van der Waals surface area contributed by atoms with E-state index in [1.54, 1.807) is 27.7 Å². The van der Waals surface area contributed by atoms with Crippen molar-refractivity contribution >= 4 is 11.5 Å². The Bertz CT molecular complexity index is 247. The van der Waals surface area contributed by atoms with E-state index in [0.29, 0.717) is 0 Å². The Balaban J connectivity index is 4.76. The topological polar surface area (TPSA) is 98.4 Å². The minimum Gasteiger partial charge on any atom is -0.386 e. The van der Waals surface area contributed by atoms with Crippen LogP contribution in [0.1, 0.15) is 27.7 Å². The number of amidine groups is 1. The summed E-state index contributed by atoms with van der Waals surface area (Å²) in [5.41, 5.74) is 3.97. The molecule has 0 aromatic carbocycles. The molecule has 0 fully saturated rings. The molecule has 0 bridgehead atoms. The maximum Gasteiger partial charge on any atom is 0.216 e. The van der Waals surface area contributed by atoms with E-state index in [1.165, 1.54) is 0 Å². The molecular weight excluding hydrogens is 178 g/mol. The zero-order chi connectivity index (χ0) is 11.6. The van der Waals surface area contributed by atoms with Gasteiger partial charge in [-0.3, -0.25) is 10.8 Å². The molecule has 14 heavy (non-hydrogen) atoms. The molecular formula is C9H18N5+. The van der Waals surface area contributed by atoms with Gasteiger partial charge in [-0.15, -0.1) is 0 Å².